The number of anilines is 1. The summed E-state index contributed by atoms with van der Waals surface area (Å²) in [4.78, 5) is 10.9. The molecule has 0 radical (unpaired) electrons. The summed E-state index contributed by atoms with van der Waals surface area (Å²) in [5.74, 6) is -1.46. The second-order valence-corrected chi connectivity index (χ2v) is 6.14. The number of nitrogens with one attached hydrogen (secondary N) is 1. The van der Waals surface area contributed by atoms with Gasteiger partial charge in [0.25, 0.3) is 5.69 Å². The molecule has 0 saturated carbocycles. The van der Waals surface area contributed by atoms with Crippen LogP contribution in [0.2, 0.25) is 0 Å². The van der Waals surface area contributed by atoms with Crippen molar-refractivity contribution in [2.75, 3.05) is 5.32 Å². The maximum atomic E-state index is 14.3. The molecule has 1 N–H and O–H groups in total. The van der Waals surface area contributed by atoms with Crippen LogP contribution in [0.3, 0.4) is 0 Å². The monoisotopic (exact) mass is 328 g/mol. The van der Waals surface area contributed by atoms with E-state index in [0.717, 1.165) is 6.07 Å². The molecule has 0 aromatic heterocycles. The Morgan fingerprint density at radius 2 is 1.96 bits per heavy atom. The first-order valence-electron chi connectivity index (χ1n) is 7.71. The summed E-state index contributed by atoms with van der Waals surface area (Å²) in [6, 6.07) is 8.26. The fourth-order valence-electron chi connectivity index (χ4n) is 3.85. The molecule has 0 fully saturated rings. The van der Waals surface area contributed by atoms with Crippen molar-refractivity contribution in [3.8, 4) is 0 Å². The van der Waals surface area contributed by atoms with Crippen molar-refractivity contribution in [1.29, 1.82) is 0 Å². The second-order valence-electron chi connectivity index (χ2n) is 6.14. The lowest BCUT2D eigenvalue weighted by Crippen LogP contribution is -2.30. The highest BCUT2D eigenvalue weighted by Gasteiger charge is 2.41. The Morgan fingerprint density at radius 1 is 1.17 bits per heavy atom. The quantitative estimate of drug-likeness (QED) is 0.494. The highest BCUT2D eigenvalue weighted by atomic mass is 19.1. The third-order valence-corrected chi connectivity index (χ3v) is 4.85. The number of allylic oxidation sites excluding steroid dienone is 2. The van der Waals surface area contributed by atoms with E-state index in [1.54, 1.807) is 18.2 Å². The summed E-state index contributed by atoms with van der Waals surface area (Å²) in [5.41, 5.74) is 1.33. The molecule has 0 saturated heterocycles. The number of nitro benzene ring substituents is 1. The fourth-order valence-corrected chi connectivity index (χ4v) is 3.85. The molecule has 0 bridgehead atoms. The van der Waals surface area contributed by atoms with E-state index in [2.05, 4.69) is 5.32 Å². The standard InChI is InChI=1S/C18H14F2N2O2/c19-10-8-14-11-5-3-6-12(11)17(21-18(14)15(20)9-10)13-4-1-2-7-16(13)22(23)24/h1-5,7-9,11-12,17,21H,6H2/t11-,12+,17+/m0/s1. The zero-order valence-corrected chi connectivity index (χ0v) is 12.6. The van der Waals surface area contributed by atoms with Crippen molar-refractivity contribution in [2.24, 2.45) is 5.92 Å². The lowest BCUT2D eigenvalue weighted by Gasteiger charge is -2.37. The van der Waals surface area contributed by atoms with Crippen molar-refractivity contribution in [1.82, 2.24) is 0 Å². The van der Waals surface area contributed by atoms with Crippen molar-refractivity contribution >= 4 is 11.4 Å². The van der Waals surface area contributed by atoms with Gasteiger partial charge < -0.3 is 5.32 Å². The van der Waals surface area contributed by atoms with Crippen molar-refractivity contribution in [2.45, 2.75) is 18.4 Å². The minimum absolute atomic E-state index is 0.00613. The second kappa shape index (κ2) is 5.40. The molecule has 2 aromatic carbocycles. The number of fused-ring (bicyclic) bond motifs is 3. The minimum atomic E-state index is -0.674. The van der Waals surface area contributed by atoms with E-state index >= 15 is 0 Å². The lowest BCUT2D eigenvalue weighted by atomic mass is 9.76. The van der Waals surface area contributed by atoms with Gasteiger partial charge in [-0.2, -0.15) is 0 Å². The van der Waals surface area contributed by atoms with E-state index in [4.69, 9.17) is 0 Å². The largest absolute Gasteiger partial charge is 0.375 e. The molecule has 6 heteroatoms. The molecular weight excluding hydrogens is 314 g/mol. The number of halogens is 2. The number of para-hydroxylation sites is 1. The van der Waals surface area contributed by atoms with Crippen LogP contribution in [0, 0.1) is 27.7 Å². The summed E-state index contributed by atoms with van der Waals surface area (Å²) in [6.07, 6.45) is 4.60. The van der Waals surface area contributed by atoms with Crippen LogP contribution in [0.15, 0.2) is 48.6 Å². The number of rotatable bonds is 2. The van der Waals surface area contributed by atoms with Crippen molar-refractivity contribution in [3.63, 3.8) is 0 Å². The number of nitro groups is 1. The molecule has 1 heterocycles. The maximum absolute atomic E-state index is 14.3. The summed E-state index contributed by atoms with van der Waals surface area (Å²) < 4.78 is 27.9. The first kappa shape index (κ1) is 14.8. The molecule has 24 heavy (non-hydrogen) atoms. The van der Waals surface area contributed by atoms with Crippen LogP contribution in [0.1, 0.15) is 29.5 Å². The van der Waals surface area contributed by atoms with Crippen LogP contribution in [0.25, 0.3) is 0 Å². The Bertz CT molecular complexity index is 866. The van der Waals surface area contributed by atoms with Gasteiger partial charge in [0.05, 0.1) is 22.2 Å². The zero-order valence-electron chi connectivity index (χ0n) is 12.6. The van der Waals surface area contributed by atoms with E-state index in [9.17, 15) is 18.9 Å². The summed E-state index contributed by atoms with van der Waals surface area (Å²) in [6.45, 7) is 0. The lowest BCUT2D eigenvalue weighted by molar-refractivity contribution is -0.385. The summed E-state index contributed by atoms with van der Waals surface area (Å²) in [7, 11) is 0. The molecule has 1 aliphatic carbocycles. The van der Waals surface area contributed by atoms with E-state index in [0.29, 0.717) is 17.5 Å². The number of hydrogen-bond donors (Lipinski definition) is 1. The van der Waals surface area contributed by atoms with E-state index in [1.807, 2.05) is 12.2 Å². The predicted molar refractivity (Wildman–Crippen MR) is 85.8 cm³/mol. The van der Waals surface area contributed by atoms with Gasteiger partial charge in [-0.1, -0.05) is 30.4 Å². The molecule has 4 rings (SSSR count). The van der Waals surface area contributed by atoms with Gasteiger partial charge in [0.15, 0.2) is 0 Å². The van der Waals surface area contributed by atoms with Crippen LogP contribution in [-0.4, -0.2) is 4.92 Å². The maximum Gasteiger partial charge on any atom is 0.274 e. The van der Waals surface area contributed by atoms with Gasteiger partial charge in [0.1, 0.15) is 11.6 Å². The molecule has 0 amide bonds. The highest BCUT2D eigenvalue weighted by molar-refractivity contribution is 5.62. The van der Waals surface area contributed by atoms with Gasteiger partial charge in [-0.05, 0) is 24.0 Å². The van der Waals surface area contributed by atoms with Crippen LogP contribution in [0.4, 0.5) is 20.2 Å². The van der Waals surface area contributed by atoms with Crippen molar-refractivity contribution in [3.05, 3.63) is 81.4 Å². The summed E-state index contributed by atoms with van der Waals surface area (Å²) in [5, 5.41) is 14.4. The Balaban J connectivity index is 1.86. The molecule has 3 atom stereocenters. The molecule has 2 aliphatic rings. The fraction of sp³-hybridized carbons (Fsp3) is 0.222. The van der Waals surface area contributed by atoms with E-state index < -0.39 is 22.6 Å². The van der Waals surface area contributed by atoms with Gasteiger partial charge >= 0.3 is 0 Å². The molecular formula is C18H14F2N2O2. The van der Waals surface area contributed by atoms with Crippen molar-refractivity contribution < 1.29 is 13.7 Å². The number of benzene rings is 2. The SMILES string of the molecule is O=[N+]([O-])c1ccccc1[C@@H]1Nc2c(F)cc(F)cc2[C@H]2C=CC[C@H]21. The topological polar surface area (TPSA) is 55.2 Å². The molecule has 122 valence electrons. The first-order valence-corrected chi connectivity index (χ1v) is 7.71. The molecule has 0 spiro atoms. The third kappa shape index (κ3) is 2.18. The van der Waals surface area contributed by atoms with Gasteiger partial charge in [-0.15, -0.1) is 0 Å². The van der Waals surface area contributed by atoms with Crippen LogP contribution >= 0.6 is 0 Å². The van der Waals surface area contributed by atoms with E-state index in [-0.39, 0.29) is 23.2 Å². The first-order chi connectivity index (χ1) is 11.6. The number of hydrogen-bond acceptors (Lipinski definition) is 3. The normalized spacial score (nSPS) is 24.2. The summed E-state index contributed by atoms with van der Waals surface area (Å²) >= 11 is 0. The van der Waals surface area contributed by atoms with Crippen LogP contribution in [-0.2, 0) is 0 Å². The smallest absolute Gasteiger partial charge is 0.274 e. The zero-order chi connectivity index (χ0) is 16.8. The Morgan fingerprint density at radius 3 is 2.75 bits per heavy atom. The Labute approximate surface area is 137 Å². The Kier molecular flexibility index (Phi) is 3.33. The molecule has 0 unspecified atom stereocenters. The van der Waals surface area contributed by atoms with Gasteiger partial charge in [0.2, 0.25) is 0 Å². The average Bonchev–Trinajstić information content (AvgIpc) is 3.04. The van der Waals surface area contributed by atoms with Gasteiger partial charge in [0, 0.05) is 18.1 Å². The van der Waals surface area contributed by atoms with Gasteiger partial charge in [-0.3, -0.25) is 10.1 Å². The minimum Gasteiger partial charge on any atom is -0.375 e. The molecule has 4 nitrogen and oxygen atoms in total. The molecule has 2 aromatic rings. The highest BCUT2D eigenvalue weighted by Crippen LogP contribution is 2.51. The Hall–Kier alpha value is -2.76. The third-order valence-electron chi connectivity index (χ3n) is 4.85. The average molecular weight is 328 g/mol. The van der Waals surface area contributed by atoms with Crippen LogP contribution < -0.4 is 5.32 Å². The number of nitrogens with zero attached hydrogens (tertiary/aromatic N) is 1. The van der Waals surface area contributed by atoms with E-state index in [1.165, 1.54) is 12.1 Å². The van der Waals surface area contributed by atoms with Crippen LogP contribution in [0.5, 0.6) is 0 Å². The molecule has 1 aliphatic heterocycles. The predicted octanol–water partition coefficient (Wildman–Crippen LogP) is 4.70. The van der Waals surface area contributed by atoms with Gasteiger partial charge in [-0.25, -0.2) is 8.78 Å².